The molecule has 0 saturated heterocycles. The predicted molar refractivity (Wildman–Crippen MR) is 84.0 cm³/mol. The first-order valence-corrected chi connectivity index (χ1v) is 7.30. The van der Waals surface area contributed by atoms with Crippen molar-refractivity contribution in [3.05, 3.63) is 64.1 Å². The minimum absolute atomic E-state index is 0.198. The van der Waals surface area contributed by atoms with Crippen LogP contribution in [0.2, 0.25) is 0 Å². The molecule has 1 N–H and O–H groups in total. The van der Waals surface area contributed by atoms with Gasteiger partial charge in [-0.25, -0.2) is 0 Å². The molecule has 2 rings (SSSR count). The second kappa shape index (κ2) is 5.93. The largest absolute Gasteiger partial charge is 0.425 e. The highest BCUT2D eigenvalue weighted by Crippen LogP contribution is 2.48. The molecule has 0 saturated carbocycles. The van der Waals surface area contributed by atoms with Crippen molar-refractivity contribution in [3.63, 3.8) is 0 Å². The standard InChI is InChI=1S/C16H15BrF3NO/c1-21(2)14-10-6-4-8-12(14)15(22,16(18,19)20)11-7-3-5-9-13(11)17/h3-10,22H,1-2H3. The second-order valence-electron chi connectivity index (χ2n) is 5.10. The molecule has 0 spiro atoms. The molecule has 22 heavy (non-hydrogen) atoms. The Morgan fingerprint density at radius 3 is 1.91 bits per heavy atom. The fourth-order valence-corrected chi connectivity index (χ4v) is 2.95. The zero-order valence-electron chi connectivity index (χ0n) is 12.0. The van der Waals surface area contributed by atoms with E-state index in [1.54, 1.807) is 37.2 Å². The summed E-state index contributed by atoms with van der Waals surface area (Å²) in [5.74, 6) is 0. The Bertz CT molecular complexity index is 672. The highest BCUT2D eigenvalue weighted by atomic mass is 79.9. The number of anilines is 1. The van der Waals surface area contributed by atoms with Gasteiger partial charge in [0.25, 0.3) is 0 Å². The summed E-state index contributed by atoms with van der Waals surface area (Å²) in [7, 11) is 3.27. The van der Waals surface area contributed by atoms with Gasteiger partial charge in [0, 0.05) is 35.4 Å². The Labute approximate surface area is 135 Å². The number of halogens is 4. The van der Waals surface area contributed by atoms with Gasteiger partial charge in [0.2, 0.25) is 5.60 Å². The molecule has 0 heterocycles. The molecule has 1 unspecified atom stereocenters. The summed E-state index contributed by atoms with van der Waals surface area (Å²) in [4.78, 5) is 1.54. The van der Waals surface area contributed by atoms with Crippen molar-refractivity contribution in [2.24, 2.45) is 0 Å². The van der Waals surface area contributed by atoms with Gasteiger partial charge in [-0.15, -0.1) is 0 Å². The maximum atomic E-state index is 13.8. The number of para-hydroxylation sites is 1. The van der Waals surface area contributed by atoms with Crippen molar-refractivity contribution >= 4 is 21.6 Å². The Morgan fingerprint density at radius 1 is 0.909 bits per heavy atom. The molecule has 0 amide bonds. The van der Waals surface area contributed by atoms with Crippen molar-refractivity contribution in [1.82, 2.24) is 0 Å². The van der Waals surface area contributed by atoms with Gasteiger partial charge in [-0.3, -0.25) is 0 Å². The molecule has 2 aromatic carbocycles. The second-order valence-corrected chi connectivity index (χ2v) is 5.95. The highest BCUT2D eigenvalue weighted by molar-refractivity contribution is 9.10. The van der Waals surface area contributed by atoms with Crippen molar-refractivity contribution in [3.8, 4) is 0 Å². The van der Waals surface area contributed by atoms with Crippen molar-refractivity contribution in [2.75, 3.05) is 19.0 Å². The molecule has 0 aliphatic rings. The Kier molecular flexibility index (Phi) is 4.54. The van der Waals surface area contributed by atoms with Crippen LogP contribution in [0.5, 0.6) is 0 Å². The van der Waals surface area contributed by atoms with E-state index < -0.39 is 11.8 Å². The molecule has 0 bridgehead atoms. The Morgan fingerprint density at radius 2 is 1.41 bits per heavy atom. The molecule has 0 radical (unpaired) electrons. The number of alkyl halides is 3. The van der Waals surface area contributed by atoms with E-state index >= 15 is 0 Å². The first-order chi connectivity index (χ1) is 10.2. The summed E-state index contributed by atoms with van der Waals surface area (Å²) in [5.41, 5.74) is -3.25. The monoisotopic (exact) mass is 373 g/mol. The number of rotatable bonds is 3. The van der Waals surface area contributed by atoms with Gasteiger partial charge in [-0.1, -0.05) is 52.3 Å². The van der Waals surface area contributed by atoms with Crippen LogP contribution in [0.25, 0.3) is 0 Å². The molecule has 0 aromatic heterocycles. The lowest BCUT2D eigenvalue weighted by Crippen LogP contribution is -2.44. The van der Waals surface area contributed by atoms with Crippen molar-refractivity contribution in [2.45, 2.75) is 11.8 Å². The van der Waals surface area contributed by atoms with Crippen molar-refractivity contribution in [1.29, 1.82) is 0 Å². The van der Waals surface area contributed by atoms with Gasteiger partial charge in [-0.05, 0) is 12.1 Å². The van der Waals surface area contributed by atoms with E-state index in [9.17, 15) is 18.3 Å². The zero-order valence-corrected chi connectivity index (χ0v) is 13.6. The molecule has 118 valence electrons. The summed E-state index contributed by atoms with van der Waals surface area (Å²) in [6, 6.07) is 11.8. The van der Waals surface area contributed by atoms with Crippen LogP contribution < -0.4 is 4.90 Å². The topological polar surface area (TPSA) is 23.5 Å². The van der Waals surface area contributed by atoms with Crippen LogP contribution >= 0.6 is 15.9 Å². The zero-order chi connectivity index (χ0) is 16.5. The number of hydrogen-bond acceptors (Lipinski definition) is 2. The lowest BCUT2D eigenvalue weighted by Gasteiger charge is -2.35. The smallest absolute Gasteiger partial charge is 0.377 e. The van der Waals surface area contributed by atoms with Gasteiger partial charge in [0.05, 0.1) is 0 Å². The number of benzene rings is 2. The van der Waals surface area contributed by atoms with Crippen LogP contribution in [0, 0.1) is 0 Å². The third-order valence-corrected chi connectivity index (χ3v) is 4.14. The molecular weight excluding hydrogens is 359 g/mol. The molecule has 1 atom stereocenters. The molecule has 6 heteroatoms. The number of nitrogens with zero attached hydrogens (tertiary/aromatic N) is 1. The van der Waals surface area contributed by atoms with Gasteiger partial charge >= 0.3 is 6.18 Å². The van der Waals surface area contributed by atoms with E-state index in [0.717, 1.165) is 0 Å². The average molecular weight is 374 g/mol. The van der Waals surface area contributed by atoms with Gasteiger partial charge < -0.3 is 10.0 Å². The minimum atomic E-state index is -4.87. The van der Waals surface area contributed by atoms with E-state index in [0.29, 0.717) is 5.69 Å². The minimum Gasteiger partial charge on any atom is -0.377 e. The predicted octanol–water partition coefficient (Wildman–Crippen LogP) is 4.31. The fourth-order valence-electron chi connectivity index (χ4n) is 2.37. The molecule has 0 aliphatic heterocycles. The fraction of sp³-hybridized carbons (Fsp3) is 0.250. The van der Waals surface area contributed by atoms with Gasteiger partial charge in [-0.2, -0.15) is 13.2 Å². The lowest BCUT2D eigenvalue weighted by atomic mass is 9.84. The van der Waals surface area contributed by atoms with E-state index in [1.807, 2.05) is 0 Å². The van der Waals surface area contributed by atoms with Crippen LogP contribution in [0.3, 0.4) is 0 Å². The van der Waals surface area contributed by atoms with E-state index in [1.165, 1.54) is 30.3 Å². The summed E-state index contributed by atoms with van der Waals surface area (Å²) in [6.45, 7) is 0. The van der Waals surface area contributed by atoms with Crippen LogP contribution in [-0.2, 0) is 5.60 Å². The van der Waals surface area contributed by atoms with Crippen molar-refractivity contribution < 1.29 is 18.3 Å². The first-order valence-electron chi connectivity index (χ1n) is 6.50. The van der Waals surface area contributed by atoms with E-state index in [-0.39, 0.29) is 15.6 Å². The summed E-state index contributed by atoms with van der Waals surface area (Å²) < 4.78 is 41.6. The first kappa shape index (κ1) is 16.8. The normalized spacial score (nSPS) is 14.5. The lowest BCUT2D eigenvalue weighted by molar-refractivity contribution is -0.248. The summed E-state index contributed by atoms with van der Waals surface area (Å²) >= 11 is 3.11. The summed E-state index contributed by atoms with van der Waals surface area (Å²) in [5, 5.41) is 10.7. The SMILES string of the molecule is CN(C)c1ccccc1C(O)(c1ccccc1Br)C(F)(F)F. The maximum Gasteiger partial charge on any atom is 0.425 e. The molecule has 0 fully saturated rings. The highest BCUT2D eigenvalue weighted by Gasteiger charge is 2.58. The summed E-state index contributed by atoms with van der Waals surface area (Å²) in [6.07, 6.45) is -4.87. The molecular formula is C16H15BrF3NO. The van der Waals surface area contributed by atoms with E-state index in [4.69, 9.17) is 0 Å². The van der Waals surface area contributed by atoms with E-state index in [2.05, 4.69) is 15.9 Å². The molecule has 0 aliphatic carbocycles. The molecule has 2 aromatic rings. The van der Waals surface area contributed by atoms with Crippen LogP contribution in [0.4, 0.5) is 18.9 Å². The number of aliphatic hydroxyl groups is 1. The molecule has 2 nitrogen and oxygen atoms in total. The Balaban J connectivity index is 2.81. The van der Waals surface area contributed by atoms with Gasteiger partial charge in [0.1, 0.15) is 0 Å². The number of hydrogen-bond donors (Lipinski definition) is 1. The van der Waals surface area contributed by atoms with Crippen LogP contribution in [-0.4, -0.2) is 25.4 Å². The maximum absolute atomic E-state index is 13.8. The van der Waals surface area contributed by atoms with Crippen LogP contribution in [0.15, 0.2) is 53.0 Å². The Hall–Kier alpha value is -1.53. The average Bonchev–Trinajstić information content (AvgIpc) is 2.45. The van der Waals surface area contributed by atoms with Crippen LogP contribution in [0.1, 0.15) is 11.1 Å². The quantitative estimate of drug-likeness (QED) is 0.866. The van der Waals surface area contributed by atoms with Gasteiger partial charge in [0.15, 0.2) is 0 Å². The third kappa shape index (κ3) is 2.73. The third-order valence-electron chi connectivity index (χ3n) is 3.45.